The highest BCUT2D eigenvalue weighted by atomic mass is 35.5. The van der Waals surface area contributed by atoms with E-state index in [4.69, 9.17) is 11.6 Å². The van der Waals surface area contributed by atoms with Crippen LogP contribution in [0.3, 0.4) is 0 Å². The van der Waals surface area contributed by atoms with Crippen LogP contribution in [-0.2, 0) is 11.2 Å². The third kappa shape index (κ3) is 4.16. The molecule has 0 spiro atoms. The minimum absolute atomic E-state index is 0.376. The first kappa shape index (κ1) is 15.3. The number of methoxy groups -OCH3 is 1. The lowest BCUT2D eigenvalue weighted by molar-refractivity contribution is 0.0599. The van der Waals surface area contributed by atoms with Crippen LogP contribution in [0.15, 0.2) is 30.5 Å². The number of aryl methyl sites for hydroxylation is 1. The second kappa shape index (κ2) is 7.04. The molecule has 2 aromatic rings. The maximum absolute atomic E-state index is 11.5. The number of carbonyl (C=O) groups is 1. The van der Waals surface area contributed by atoms with Gasteiger partial charge in [-0.3, -0.25) is 0 Å². The molecule has 0 radical (unpaired) electrons. The lowest BCUT2D eigenvalue weighted by Crippen LogP contribution is -2.10. The second-order valence-electron chi connectivity index (χ2n) is 4.49. The molecule has 21 heavy (non-hydrogen) atoms. The molecular weight excluding hydrogens is 290 g/mol. The number of nitrogens with one attached hydrogen (secondary N) is 1. The molecule has 0 saturated carbocycles. The number of anilines is 1. The summed E-state index contributed by atoms with van der Waals surface area (Å²) in [6, 6.07) is 7.18. The monoisotopic (exact) mass is 305 g/mol. The first-order valence-electron chi connectivity index (χ1n) is 6.50. The average Bonchev–Trinajstić information content (AvgIpc) is 2.49. The smallest absolute Gasteiger partial charge is 0.339 e. The maximum atomic E-state index is 11.5. The van der Waals surface area contributed by atoms with Crippen LogP contribution in [-0.4, -0.2) is 29.6 Å². The van der Waals surface area contributed by atoms with Gasteiger partial charge in [0.1, 0.15) is 11.0 Å². The van der Waals surface area contributed by atoms with E-state index in [1.165, 1.54) is 7.11 Å². The molecule has 110 valence electrons. The van der Waals surface area contributed by atoms with Crippen molar-refractivity contribution >= 4 is 23.4 Å². The zero-order valence-electron chi connectivity index (χ0n) is 11.9. The molecular formula is C15H16ClN3O2. The van der Waals surface area contributed by atoms with E-state index < -0.39 is 0 Å². The summed E-state index contributed by atoms with van der Waals surface area (Å²) in [5, 5.41) is 3.70. The summed E-state index contributed by atoms with van der Waals surface area (Å²) in [6.45, 7) is 2.49. The van der Waals surface area contributed by atoms with E-state index in [0.29, 0.717) is 23.0 Å². The number of ether oxygens (including phenoxy) is 1. The van der Waals surface area contributed by atoms with Crippen molar-refractivity contribution in [1.29, 1.82) is 0 Å². The van der Waals surface area contributed by atoms with Gasteiger partial charge in [0.25, 0.3) is 0 Å². The summed E-state index contributed by atoms with van der Waals surface area (Å²) >= 11 is 5.74. The number of nitrogens with zero attached hydrogens (tertiary/aromatic N) is 2. The summed E-state index contributed by atoms with van der Waals surface area (Å²) in [6.07, 6.45) is 2.56. The number of hydrogen-bond donors (Lipinski definition) is 1. The van der Waals surface area contributed by atoms with Crippen molar-refractivity contribution in [3.63, 3.8) is 0 Å². The fourth-order valence-electron chi connectivity index (χ4n) is 1.87. The minimum Gasteiger partial charge on any atom is -0.465 e. The van der Waals surface area contributed by atoms with E-state index in [0.717, 1.165) is 17.8 Å². The molecule has 2 aromatic heterocycles. The van der Waals surface area contributed by atoms with Gasteiger partial charge in [-0.05, 0) is 37.1 Å². The Balaban J connectivity index is 1.93. The Hall–Kier alpha value is -2.14. The van der Waals surface area contributed by atoms with Crippen LogP contribution in [0.2, 0.25) is 5.15 Å². The fraction of sp³-hybridized carbons (Fsp3) is 0.267. The molecule has 0 bridgehead atoms. The lowest BCUT2D eigenvalue weighted by atomic mass is 10.2. The Morgan fingerprint density at radius 3 is 2.76 bits per heavy atom. The van der Waals surface area contributed by atoms with Crippen molar-refractivity contribution in [1.82, 2.24) is 9.97 Å². The molecule has 0 aromatic carbocycles. The Labute approximate surface area is 128 Å². The van der Waals surface area contributed by atoms with Crippen LogP contribution in [0, 0.1) is 6.92 Å². The fourth-order valence-corrected chi connectivity index (χ4v) is 1.99. The first-order chi connectivity index (χ1) is 10.1. The van der Waals surface area contributed by atoms with E-state index in [1.54, 1.807) is 31.3 Å². The van der Waals surface area contributed by atoms with E-state index in [9.17, 15) is 4.79 Å². The van der Waals surface area contributed by atoms with Gasteiger partial charge in [-0.1, -0.05) is 17.7 Å². The van der Waals surface area contributed by atoms with Crippen molar-refractivity contribution < 1.29 is 9.53 Å². The van der Waals surface area contributed by atoms with Crippen LogP contribution in [0.5, 0.6) is 0 Å². The van der Waals surface area contributed by atoms with Gasteiger partial charge in [-0.15, -0.1) is 0 Å². The summed E-state index contributed by atoms with van der Waals surface area (Å²) < 4.78 is 4.69. The predicted molar refractivity (Wildman–Crippen MR) is 81.8 cm³/mol. The second-order valence-corrected chi connectivity index (χ2v) is 4.87. The van der Waals surface area contributed by atoms with Gasteiger partial charge in [0.2, 0.25) is 0 Å². The van der Waals surface area contributed by atoms with Crippen LogP contribution in [0.25, 0.3) is 0 Å². The van der Waals surface area contributed by atoms with E-state index in [1.807, 2.05) is 6.07 Å². The summed E-state index contributed by atoms with van der Waals surface area (Å²) in [5.41, 5.74) is 2.21. The Bertz CT molecular complexity index is 629. The Kier molecular flexibility index (Phi) is 5.11. The van der Waals surface area contributed by atoms with Gasteiger partial charge in [0.05, 0.1) is 18.4 Å². The third-order valence-corrected chi connectivity index (χ3v) is 3.22. The molecule has 0 aliphatic heterocycles. The summed E-state index contributed by atoms with van der Waals surface area (Å²) in [4.78, 5) is 19.8. The standard InChI is InChI=1S/C15H16ClN3O2/c1-10-12(15(20)21-2)4-6-14(19-10)17-8-7-11-3-5-13(16)18-9-11/h3-6,9H,7-8H2,1-2H3,(H,17,19). The van der Waals surface area contributed by atoms with E-state index in [-0.39, 0.29) is 5.97 Å². The predicted octanol–water partition coefficient (Wildman–Crippen LogP) is 2.88. The van der Waals surface area contributed by atoms with Crippen molar-refractivity contribution in [2.45, 2.75) is 13.3 Å². The van der Waals surface area contributed by atoms with Gasteiger partial charge in [-0.25, -0.2) is 14.8 Å². The van der Waals surface area contributed by atoms with Crippen molar-refractivity contribution in [3.8, 4) is 0 Å². The average molecular weight is 306 g/mol. The highest BCUT2D eigenvalue weighted by molar-refractivity contribution is 6.29. The molecule has 0 aliphatic rings. The largest absolute Gasteiger partial charge is 0.465 e. The molecule has 0 aliphatic carbocycles. The number of hydrogen-bond acceptors (Lipinski definition) is 5. The summed E-state index contributed by atoms with van der Waals surface area (Å²) in [5.74, 6) is 0.348. The molecule has 0 atom stereocenters. The minimum atomic E-state index is -0.376. The molecule has 0 saturated heterocycles. The quantitative estimate of drug-likeness (QED) is 0.680. The number of carbonyl (C=O) groups excluding carboxylic acids is 1. The molecule has 1 N–H and O–H groups in total. The SMILES string of the molecule is COC(=O)c1ccc(NCCc2ccc(Cl)nc2)nc1C. The topological polar surface area (TPSA) is 64.1 Å². The number of rotatable bonds is 5. The van der Waals surface area contributed by atoms with Gasteiger partial charge in [0.15, 0.2) is 0 Å². The molecule has 0 fully saturated rings. The van der Waals surface area contributed by atoms with E-state index in [2.05, 4.69) is 20.0 Å². The van der Waals surface area contributed by atoms with Crippen molar-refractivity contribution in [3.05, 3.63) is 52.4 Å². The van der Waals surface area contributed by atoms with Gasteiger partial charge in [0, 0.05) is 12.7 Å². The number of halogens is 1. The highest BCUT2D eigenvalue weighted by Gasteiger charge is 2.10. The third-order valence-electron chi connectivity index (χ3n) is 3.00. The van der Waals surface area contributed by atoms with Crippen LogP contribution in [0.4, 0.5) is 5.82 Å². The van der Waals surface area contributed by atoms with Crippen LogP contribution >= 0.6 is 11.6 Å². The molecule has 5 nitrogen and oxygen atoms in total. The first-order valence-corrected chi connectivity index (χ1v) is 6.88. The van der Waals surface area contributed by atoms with E-state index >= 15 is 0 Å². The molecule has 6 heteroatoms. The highest BCUT2D eigenvalue weighted by Crippen LogP contribution is 2.12. The van der Waals surface area contributed by atoms with Gasteiger partial charge >= 0.3 is 5.97 Å². The number of pyridine rings is 2. The normalized spacial score (nSPS) is 10.2. The van der Waals surface area contributed by atoms with Gasteiger partial charge in [-0.2, -0.15) is 0 Å². The number of aromatic nitrogens is 2. The Morgan fingerprint density at radius 1 is 1.33 bits per heavy atom. The van der Waals surface area contributed by atoms with Crippen molar-refractivity contribution in [2.24, 2.45) is 0 Å². The van der Waals surface area contributed by atoms with Crippen LogP contribution < -0.4 is 5.32 Å². The lowest BCUT2D eigenvalue weighted by Gasteiger charge is -2.08. The zero-order valence-corrected chi connectivity index (χ0v) is 12.6. The molecule has 0 amide bonds. The van der Waals surface area contributed by atoms with Gasteiger partial charge < -0.3 is 10.1 Å². The maximum Gasteiger partial charge on any atom is 0.339 e. The Morgan fingerprint density at radius 2 is 2.14 bits per heavy atom. The summed E-state index contributed by atoms with van der Waals surface area (Å²) in [7, 11) is 1.36. The van der Waals surface area contributed by atoms with Crippen molar-refractivity contribution in [2.75, 3.05) is 19.0 Å². The molecule has 0 unspecified atom stereocenters. The number of esters is 1. The zero-order chi connectivity index (χ0) is 15.2. The molecule has 2 heterocycles. The van der Waals surface area contributed by atoms with Crippen LogP contribution in [0.1, 0.15) is 21.6 Å². The molecule has 2 rings (SSSR count).